The van der Waals surface area contributed by atoms with Gasteiger partial charge in [0.15, 0.2) is 11.5 Å². The van der Waals surface area contributed by atoms with Crippen LogP contribution in [0, 0.1) is 0 Å². The molecule has 0 unspecified atom stereocenters. The summed E-state index contributed by atoms with van der Waals surface area (Å²) >= 11 is 0. The van der Waals surface area contributed by atoms with Crippen molar-refractivity contribution in [3.05, 3.63) is 119 Å². The Morgan fingerprint density at radius 3 is 1.19 bits per heavy atom. The third-order valence-electron chi connectivity index (χ3n) is 4.68. The van der Waals surface area contributed by atoms with Gasteiger partial charge in [-0.05, 0) is 29.7 Å². The highest BCUT2D eigenvalue weighted by Crippen LogP contribution is 2.38. The van der Waals surface area contributed by atoms with Gasteiger partial charge in [0.1, 0.15) is 0 Å². The van der Waals surface area contributed by atoms with Gasteiger partial charge in [0, 0.05) is 16.5 Å². The van der Waals surface area contributed by atoms with Crippen molar-refractivity contribution >= 4 is 34.2 Å². The highest BCUT2D eigenvalue weighted by Gasteiger charge is 2.22. The Bertz CT molecular complexity index is 1180. The number of aliphatic hydroxyl groups is 2. The Hall–Kier alpha value is -4.58. The van der Waals surface area contributed by atoms with Crippen molar-refractivity contribution in [1.29, 1.82) is 0 Å². The molecule has 0 fully saturated rings. The van der Waals surface area contributed by atoms with Crippen molar-refractivity contribution in [3.63, 3.8) is 0 Å². The lowest BCUT2D eigenvalue weighted by Crippen LogP contribution is -1.93. The molecule has 6 heteroatoms. The predicted octanol–water partition coefficient (Wildman–Crippen LogP) is 5.86. The molecule has 4 aromatic carbocycles. The van der Waals surface area contributed by atoms with Gasteiger partial charge in [-0.15, -0.1) is 0 Å². The van der Waals surface area contributed by atoms with E-state index >= 15 is 0 Å². The van der Waals surface area contributed by atoms with Crippen molar-refractivity contribution in [2.75, 3.05) is 0 Å². The molecule has 6 nitrogen and oxygen atoms in total. The van der Waals surface area contributed by atoms with Crippen molar-refractivity contribution in [2.24, 2.45) is 0 Å². The number of carboxylic acid groups (broad SMARTS) is 2. The summed E-state index contributed by atoms with van der Waals surface area (Å²) in [5.74, 6) is -1.79. The van der Waals surface area contributed by atoms with Gasteiger partial charge >= 0.3 is 11.9 Å². The molecule has 0 aliphatic heterocycles. The molecule has 0 spiro atoms. The SMILES string of the molecule is O=C(O)c1ccccc1.O=C(O)c1ccccc1.OC1=C(O)c2cccc3cccc1c23. The maximum Gasteiger partial charge on any atom is 0.335 e. The molecule has 0 bridgehead atoms. The minimum absolute atomic E-state index is 0.0169. The molecule has 0 saturated heterocycles. The summed E-state index contributed by atoms with van der Waals surface area (Å²) in [5.41, 5.74) is 2.10. The molecule has 5 rings (SSSR count). The van der Waals surface area contributed by atoms with E-state index in [0.717, 1.165) is 21.9 Å². The Labute approximate surface area is 184 Å². The highest BCUT2D eigenvalue weighted by atomic mass is 16.4. The number of rotatable bonds is 2. The summed E-state index contributed by atoms with van der Waals surface area (Å²) in [5, 5.41) is 38.1. The van der Waals surface area contributed by atoms with Gasteiger partial charge in [0.05, 0.1) is 11.1 Å². The number of benzene rings is 4. The average Bonchev–Trinajstić information content (AvgIpc) is 3.08. The summed E-state index contributed by atoms with van der Waals surface area (Å²) in [7, 11) is 0. The Morgan fingerprint density at radius 2 is 0.875 bits per heavy atom. The van der Waals surface area contributed by atoms with E-state index < -0.39 is 11.9 Å². The largest absolute Gasteiger partial charge is 0.504 e. The monoisotopic (exact) mass is 428 g/mol. The first-order valence-electron chi connectivity index (χ1n) is 9.61. The summed E-state index contributed by atoms with van der Waals surface area (Å²) in [6.45, 7) is 0. The van der Waals surface area contributed by atoms with Crippen LogP contribution >= 0.6 is 0 Å². The standard InChI is InChI=1S/C12H8O2.2C7H6O2/c13-11-8-5-1-3-7-4-2-6-9(10(7)8)12(11)14;2*8-7(9)6-4-2-1-3-5-6/h1-6,13-14H;2*1-5H,(H,8,9). The molecule has 0 radical (unpaired) electrons. The average molecular weight is 428 g/mol. The maximum absolute atomic E-state index is 10.2. The molecule has 0 aromatic heterocycles. The fourth-order valence-electron chi connectivity index (χ4n) is 3.15. The molecule has 0 amide bonds. The van der Waals surface area contributed by atoms with E-state index in [1.807, 2.05) is 36.4 Å². The lowest BCUT2D eigenvalue weighted by molar-refractivity contribution is 0.0686. The Morgan fingerprint density at radius 1 is 0.500 bits per heavy atom. The van der Waals surface area contributed by atoms with Crippen LogP contribution in [0.15, 0.2) is 97.1 Å². The van der Waals surface area contributed by atoms with E-state index in [1.54, 1.807) is 60.7 Å². The normalized spacial score (nSPS) is 11.1. The van der Waals surface area contributed by atoms with Crippen molar-refractivity contribution in [2.45, 2.75) is 0 Å². The van der Waals surface area contributed by atoms with Crippen LogP contribution in [-0.4, -0.2) is 32.4 Å². The van der Waals surface area contributed by atoms with Crippen molar-refractivity contribution < 1.29 is 30.0 Å². The summed E-state index contributed by atoms with van der Waals surface area (Å²) in [4.78, 5) is 20.4. The second-order valence-electron chi connectivity index (χ2n) is 6.75. The second-order valence-corrected chi connectivity index (χ2v) is 6.75. The zero-order chi connectivity index (χ0) is 23.1. The van der Waals surface area contributed by atoms with Crippen LogP contribution in [-0.2, 0) is 0 Å². The van der Waals surface area contributed by atoms with Crippen LogP contribution in [0.1, 0.15) is 31.8 Å². The maximum atomic E-state index is 10.2. The molecular formula is C26H20O6. The fourth-order valence-corrected chi connectivity index (χ4v) is 3.15. The highest BCUT2D eigenvalue weighted by molar-refractivity contribution is 6.09. The summed E-state index contributed by atoms with van der Waals surface area (Å²) < 4.78 is 0. The van der Waals surface area contributed by atoms with E-state index in [9.17, 15) is 19.8 Å². The summed E-state index contributed by atoms with van der Waals surface area (Å²) in [6.07, 6.45) is 0. The fraction of sp³-hybridized carbons (Fsp3) is 0. The van der Waals surface area contributed by atoms with Crippen LogP contribution in [0.3, 0.4) is 0 Å². The van der Waals surface area contributed by atoms with Crippen molar-refractivity contribution in [1.82, 2.24) is 0 Å². The molecular weight excluding hydrogens is 408 g/mol. The smallest absolute Gasteiger partial charge is 0.335 e. The first-order chi connectivity index (χ1) is 15.4. The van der Waals surface area contributed by atoms with Crippen molar-refractivity contribution in [3.8, 4) is 0 Å². The predicted molar refractivity (Wildman–Crippen MR) is 123 cm³/mol. The quantitative estimate of drug-likeness (QED) is 0.318. The van der Waals surface area contributed by atoms with E-state index in [1.165, 1.54) is 0 Å². The molecule has 1 aliphatic rings. The number of hydrogen-bond acceptors (Lipinski definition) is 4. The van der Waals surface area contributed by atoms with E-state index in [0.29, 0.717) is 11.1 Å². The topological polar surface area (TPSA) is 115 Å². The van der Waals surface area contributed by atoms with Crippen LogP contribution in [0.5, 0.6) is 0 Å². The second kappa shape index (κ2) is 9.95. The third kappa shape index (κ3) is 4.94. The molecule has 4 N–H and O–H groups in total. The van der Waals surface area contributed by atoms with Crippen LogP contribution in [0.2, 0.25) is 0 Å². The zero-order valence-electron chi connectivity index (χ0n) is 16.8. The molecule has 1 aliphatic carbocycles. The number of carbonyl (C=O) groups is 2. The van der Waals surface area contributed by atoms with E-state index in [4.69, 9.17) is 10.2 Å². The summed E-state index contributed by atoms with van der Waals surface area (Å²) in [6, 6.07) is 27.9. The van der Waals surface area contributed by atoms with E-state index in [2.05, 4.69) is 0 Å². The lowest BCUT2D eigenvalue weighted by Gasteiger charge is -2.00. The number of aliphatic hydroxyl groups excluding tert-OH is 2. The third-order valence-corrected chi connectivity index (χ3v) is 4.68. The molecule has 32 heavy (non-hydrogen) atoms. The number of hydrogen-bond donors (Lipinski definition) is 4. The minimum atomic E-state index is -0.879. The van der Waals surface area contributed by atoms with Gasteiger partial charge in [-0.3, -0.25) is 0 Å². The van der Waals surface area contributed by atoms with Gasteiger partial charge < -0.3 is 20.4 Å². The molecule has 0 saturated carbocycles. The molecule has 160 valence electrons. The number of carboxylic acids is 2. The van der Waals surface area contributed by atoms with Gasteiger partial charge in [-0.1, -0.05) is 72.8 Å². The first-order valence-corrected chi connectivity index (χ1v) is 9.61. The van der Waals surface area contributed by atoms with Gasteiger partial charge in [0.25, 0.3) is 0 Å². The molecule has 0 atom stereocenters. The van der Waals surface area contributed by atoms with Gasteiger partial charge in [-0.25, -0.2) is 9.59 Å². The zero-order valence-corrected chi connectivity index (χ0v) is 16.8. The van der Waals surface area contributed by atoms with Crippen LogP contribution in [0.25, 0.3) is 22.3 Å². The van der Waals surface area contributed by atoms with Crippen LogP contribution < -0.4 is 0 Å². The lowest BCUT2D eigenvalue weighted by atomic mass is 10.0. The first kappa shape index (κ1) is 22.1. The van der Waals surface area contributed by atoms with Gasteiger partial charge in [0.2, 0.25) is 0 Å². The minimum Gasteiger partial charge on any atom is -0.504 e. The number of aromatic carboxylic acids is 2. The Balaban J connectivity index is 0.000000142. The Kier molecular flexibility index (Phi) is 6.88. The van der Waals surface area contributed by atoms with Crippen LogP contribution in [0.4, 0.5) is 0 Å². The molecule has 0 heterocycles. The molecule has 4 aromatic rings. The van der Waals surface area contributed by atoms with Gasteiger partial charge in [-0.2, -0.15) is 0 Å². The van der Waals surface area contributed by atoms with E-state index in [-0.39, 0.29) is 11.5 Å².